The van der Waals surface area contributed by atoms with Crippen LogP contribution < -0.4 is 4.74 Å². The summed E-state index contributed by atoms with van der Waals surface area (Å²) in [5.41, 5.74) is 0.209. The molecule has 5 heteroatoms. The molecule has 1 rings (SSSR count). The maximum atomic E-state index is 12.9. The molecule has 0 saturated carbocycles. The maximum Gasteiger partial charge on any atom is 0.331 e. The van der Waals surface area contributed by atoms with Crippen molar-refractivity contribution in [2.75, 3.05) is 6.61 Å². The number of aliphatic carboxylic acids is 1. The van der Waals surface area contributed by atoms with Gasteiger partial charge in [0.25, 0.3) is 0 Å². The van der Waals surface area contributed by atoms with E-state index in [1.54, 1.807) is 0 Å². The fourth-order valence-electron chi connectivity index (χ4n) is 0.917. The number of carboxylic acids is 1. The average molecular weight is 289 g/mol. The molecule has 0 aliphatic rings. The third-order valence-electron chi connectivity index (χ3n) is 1.87. The van der Waals surface area contributed by atoms with E-state index >= 15 is 0 Å². The van der Waals surface area contributed by atoms with Crippen LogP contribution in [0.1, 0.15) is 6.92 Å². The lowest BCUT2D eigenvalue weighted by atomic mass is 10.3. The molecular formula is C11H10BrFO3. The molecular weight excluding hydrogens is 279 g/mol. The lowest BCUT2D eigenvalue weighted by Crippen LogP contribution is -2.00. The summed E-state index contributed by atoms with van der Waals surface area (Å²) in [6, 6.07) is 4.23. The van der Waals surface area contributed by atoms with Gasteiger partial charge in [-0.25, -0.2) is 9.18 Å². The summed E-state index contributed by atoms with van der Waals surface area (Å²) in [7, 11) is 0. The first-order valence-electron chi connectivity index (χ1n) is 4.48. The number of hydrogen-bond acceptors (Lipinski definition) is 2. The molecule has 0 aliphatic carbocycles. The summed E-state index contributed by atoms with van der Waals surface area (Å²) in [4.78, 5) is 10.5. The minimum atomic E-state index is -0.983. The highest BCUT2D eigenvalue weighted by atomic mass is 79.9. The molecule has 0 radical (unpaired) electrons. The summed E-state index contributed by atoms with van der Waals surface area (Å²) in [6.45, 7) is 1.61. The van der Waals surface area contributed by atoms with Crippen LogP contribution in [0.3, 0.4) is 0 Å². The van der Waals surface area contributed by atoms with Gasteiger partial charge >= 0.3 is 5.97 Å². The number of carbonyl (C=O) groups is 1. The highest BCUT2D eigenvalue weighted by Crippen LogP contribution is 2.21. The molecule has 0 unspecified atom stereocenters. The predicted molar refractivity (Wildman–Crippen MR) is 61.0 cm³/mol. The Morgan fingerprint density at radius 2 is 2.31 bits per heavy atom. The van der Waals surface area contributed by atoms with Crippen molar-refractivity contribution >= 4 is 21.9 Å². The van der Waals surface area contributed by atoms with Gasteiger partial charge in [0, 0.05) is 5.57 Å². The molecule has 0 bridgehead atoms. The van der Waals surface area contributed by atoms with E-state index < -0.39 is 5.97 Å². The van der Waals surface area contributed by atoms with Crippen LogP contribution in [0, 0.1) is 5.82 Å². The van der Waals surface area contributed by atoms with Gasteiger partial charge in [-0.05, 0) is 47.1 Å². The highest BCUT2D eigenvalue weighted by Gasteiger charge is 2.01. The van der Waals surface area contributed by atoms with Gasteiger partial charge in [-0.3, -0.25) is 0 Å². The minimum Gasteiger partial charge on any atom is -0.489 e. The van der Waals surface area contributed by atoms with Crippen molar-refractivity contribution in [1.82, 2.24) is 0 Å². The van der Waals surface area contributed by atoms with Crippen molar-refractivity contribution in [1.29, 1.82) is 0 Å². The lowest BCUT2D eigenvalue weighted by Gasteiger charge is -2.04. The summed E-state index contributed by atoms with van der Waals surface area (Å²) < 4.78 is 18.4. The van der Waals surface area contributed by atoms with Gasteiger partial charge in [0.15, 0.2) is 0 Å². The van der Waals surface area contributed by atoms with E-state index in [4.69, 9.17) is 9.84 Å². The zero-order chi connectivity index (χ0) is 12.1. The van der Waals surface area contributed by atoms with Gasteiger partial charge in [-0.1, -0.05) is 0 Å². The van der Waals surface area contributed by atoms with Gasteiger partial charge in [0.05, 0.1) is 4.47 Å². The van der Waals surface area contributed by atoms with Crippen LogP contribution in [-0.2, 0) is 4.79 Å². The Balaban J connectivity index is 2.59. The average Bonchev–Trinajstić information content (AvgIpc) is 2.23. The standard InChI is InChI=1S/C11H10BrFO3/c1-7(11(14)15)4-5-16-8-2-3-10(13)9(12)6-8/h2-4,6H,5H2,1H3,(H,14,15)/b7-4-. The van der Waals surface area contributed by atoms with Crippen molar-refractivity contribution < 1.29 is 19.0 Å². The van der Waals surface area contributed by atoms with Crippen molar-refractivity contribution in [2.24, 2.45) is 0 Å². The van der Waals surface area contributed by atoms with Gasteiger partial charge in [0.1, 0.15) is 18.2 Å². The van der Waals surface area contributed by atoms with E-state index in [0.717, 1.165) is 0 Å². The quantitative estimate of drug-likeness (QED) is 0.867. The van der Waals surface area contributed by atoms with Crippen LogP contribution in [0.15, 0.2) is 34.3 Å². The molecule has 1 aromatic rings. The number of ether oxygens (including phenoxy) is 1. The monoisotopic (exact) mass is 288 g/mol. The van der Waals surface area contributed by atoms with Crippen LogP contribution >= 0.6 is 15.9 Å². The van der Waals surface area contributed by atoms with E-state index in [-0.39, 0.29) is 18.0 Å². The molecule has 0 amide bonds. The number of benzene rings is 1. The molecule has 0 fully saturated rings. The van der Waals surface area contributed by atoms with Crippen LogP contribution in [0.25, 0.3) is 0 Å². The molecule has 1 N–H and O–H groups in total. The fourth-order valence-corrected chi connectivity index (χ4v) is 1.27. The zero-order valence-electron chi connectivity index (χ0n) is 8.54. The highest BCUT2D eigenvalue weighted by molar-refractivity contribution is 9.10. The summed E-state index contributed by atoms with van der Waals surface area (Å²) in [5, 5.41) is 8.58. The summed E-state index contributed by atoms with van der Waals surface area (Å²) in [6.07, 6.45) is 1.44. The minimum absolute atomic E-state index is 0.135. The Kier molecular flexibility index (Phi) is 4.49. The molecule has 0 spiro atoms. The van der Waals surface area contributed by atoms with Crippen molar-refractivity contribution in [3.8, 4) is 5.75 Å². The van der Waals surface area contributed by atoms with Gasteiger partial charge in [0.2, 0.25) is 0 Å². The second-order valence-electron chi connectivity index (χ2n) is 3.08. The Labute approximate surface area is 101 Å². The van der Waals surface area contributed by atoms with Crippen LogP contribution in [0.4, 0.5) is 4.39 Å². The number of rotatable bonds is 4. The first-order chi connectivity index (χ1) is 7.50. The normalized spacial score (nSPS) is 11.3. The largest absolute Gasteiger partial charge is 0.489 e. The third kappa shape index (κ3) is 3.66. The Hall–Kier alpha value is -1.36. The zero-order valence-corrected chi connectivity index (χ0v) is 10.1. The maximum absolute atomic E-state index is 12.9. The second-order valence-corrected chi connectivity index (χ2v) is 3.93. The SMILES string of the molecule is C/C(=C/COc1ccc(F)c(Br)c1)C(=O)O. The van der Waals surface area contributed by atoms with Crippen molar-refractivity contribution in [3.05, 3.63) is 40.1 Å². The Morgan fingerprint density at radius 3 is 2.88 bits per heavy atom. The Morgan fingerprint density at radius 1 is 1.62 bits per heavy atom. The molecule has 3 nitrogen and oxygen atoms in total. The molecule has 0 saturated heterocycles. The summed E-state index contributed by atoms with van der Waals surface area (Å²) >= 11 is 3.03. The third-order valence-corrected chi connectivity index (χ3v) is 2.48. The number of hydrogen-bond donors (Lipinski definition) is 1. The van der Waals surface area contributed by atoms with Crippen molar-refractivity contribution in [3.63, 3.8) is 0 Å². The van der Waals surface area contributed by atoms with E-state index in [0.29, 0.717) is 10.2 Å². The summed E-state index contributed by atoms with van der Waals surface area (Å²) in [5.74, 6) is -0.879. The molecule has 16 heavy (non-hydrogen) atoms. The molecule has 0 atom stereocenters. The first-order valence-corrected chi connectivity index (χ1v) is 5.28. The van der Waals surface area contributed by atoms with Gasteiger partial charge in [-0.2, -0.15) is 0 Å². The smallest absolute Gasteiger partial charge is 0.331 e. The molecule has 0 aromatic heterocycles. The topological polar surface area (TPSA) is 46.5 Å². The Bertz CT molecular complexity index is 429. The van der Waals surface area contributed by atoms with E-state index in [9.17, 15) is 9.18 Å². The first kappa shape index (κ1) is 12.7. The van der Waals surface area contributed by atoms with Gasteiger partial charge in [-0.15, -0.1) is 0 Å². The lowest BCUT2D eigenvalue weighted by molar-refractivity contribution is -0.132. The van der Waals surface area contributed by atoms with Crippen LogP contribution in [-0.4, -0.2) is 17.7 Å². The number of carboxylic acid groups (broad SMARTS) is 1. The fraction of sp³-hybridized carbons (Fsp3) is 0.182. The second kappa shape index (κ2) is 5.65. The molecule has 1 aromatic carbocycles. The molecule has 86 valence electrons. The van der Waals surface area contributed by atoms with Crippen molar-refractivity contribution in [2.45, 2.75) is 6.92 Å². The van der Waals surface area contributed by atoms with E-state index in [2.05, 4.69) is 15.9 Å². The van der Waals surface area contributed by atoms with Crippen LogP contribution in [0.5, 0.6) is 5.75 Å². The van der Waals surface area contributed by atoms with E-state index in [1.165, 1.54) is 31.2 Å². The number of halogens is 2. The molecule has 0 aliphatic heterocycles. The van der Waals surface area contributed by atoms with Gasteiger partial charge < -0.3 is 9.84 Å². The molecule has 0 heterocycles. The predicted octanol–water partition coefficient (Wildman–Crippen LogP) is 3.00. The van der Waals surface area contributed by atoms with E-state index in [1.807, 2.05) is 0 Å². The van der Waals surface area contributed by atoms with Crippen LogP contribution in [0.2, 0.25) is 0 Å².